The van der Waals surface area contributed by atoms with Crippen LogP contribution in [0.4, 0.5) is 0 Å². The number of carbonyl (C=O) groups is 1. The minimum Gasteiger partial charge on any atom is -0.366 e. The summed E-state index contributed by atoms with van der Waals surface area (Å²) in [6, 6.07) is 26.0. The van der Waals surface area contributed by atoms with Crippen molar-refractivity contribution >= 4 is 39.0 Å². The quantitative estimate of drug-likeness (QED) is 0.412. The molecule has 0 spiro atoms. The zero-order valence-electron chi connectivity index (χ0n) is 16.0. The minimum absolute atomic E-state index is 0.415. The fourth-order valence-electron chi connectivity index (χ4n) is 3.97. The van der Waals surface area contributed by atoms with Gasteiger partial charge in [-0.15, -0.1) is 11.3 Å². The van der Waals surface area contributed by atoms with Gasteiger partial charge in [-0.05, 0) is 65.4 Å². The molecule has 0 saturated carbocycles. The van der Waals surface area contributed by atoms with Crippen molar-refractivity contribution in [3.05, 3.63) is 94.9 Å². The number of benzene rings is 3. The summed E-state index contributed by atoms with van der Waals surface area (Å²) in [5.41, 5.74) is 11.9. The van der Waals surface area contributed by atoms with Crippen LogP contribution in [0.3, 0.4) is 0 Å². The summed E-state index contributed by atoms with van der Waals surface area (Å²) in [5, 5.41) is 3.89. The number of primary amides is 1. The minimum atomic E-state index is -0.415. The fourth-order valence-corrected chi connectivity index (χ4v) is 4.69. The smallest absolute Gasteiger partial charge is 0.249 e. The third kappa shape index (κ3) is 2.93. The number of aromatic nitrogens is 1. The maximum atomic E-state index is 12.1. The first kappa shape index (κ1) is 17.7. The predicted molar refractivity (Wildman–Crippen MR) is 120 cm³/mol. The molecule has 2 N–H and O–H groups in total. The lowest BCUT2D eigenvalue weighted by molar-refractivity contribution is 0.100. The van der Waals surface area contributed by atoms with Crippen molar-refractivity contribution in [2.45, 2.75) is 13.5 Å². The molecule has 4 heteroatoms. The Morgan fingerprint density at radius 3 is 2.69 bits per heavy atom. The molecular formula is C25H19N2OS. The molecule has 0 fully saturated rings. The van der Waals surface area contributed by atoms with Gasteiger partial charge in [0.2, 0.25) is 5.91 Å². The second-order valence-electron chi connectivity index (χ2n) is 7.20. The van der Waals surface area contributed by atoms with E-state index in [4.69, 9.17) is 5.73 Å². The van der Waals surface area contributed by atoms with Crippen LogP contribution in [-0.2, 0) is 6.54 Å². The van der Waals surface area contributed by atoms with Crippen molar-refractivity contribution in [1.29, 1.82) is 0 Å². The number of fused-ring (bicyclic) bond motifs is 3. The maximum absolute atomic E-state index is 12.1. The molecule has 3 nitrogen and oxygen atoms in total. The summed E-state index contributed by atoms with van der Waals surface area (Å²) < 4.78 is 2.27. The lowest BCUT2D eigenvalue weighted by Crippen LogP contribution is -2.11. The molecule has 5 rings (SSSR count). The molecule has 0 bridgehead atoms. The average molecular weight is 396 g/mol. The van der Waals surface area contributed by atoms with Crippen LogP contribution >= 0.6 is 11.3 Å². The first-order chi connectivity index (χ1) is 14.1. The van der Waals surface area contributed by atoms with E-state index >= 15 is 0 Å². The zero-order chi connectivity index (χ0) is 20.0. The average Bonchev–Trinajstić information content (AvgIpc) is 3.36. The number of nitrogens with zero attached hydrogens (tertiary/aromatic N) is 1. The van der Waals surface area contributed by atoms with Gasteiger partial charge in [0.25, 0.3) is 0 Å². The topological polar surface area (TPSA) is 48.0 Å². The van der Waals surface area contributed by atoms with Crippen LogP contribution in [0.2, 0.25) is 0 Å². The third-order valence-electron chi connectivity index (χ3n) is 5.46. The van der Waals surface area contributed by atoms with E-state index in [1.807, 2.05) is 12.1 Å². The molecule has 2 aromatic heterocycles. The van der Waals surface area contributed by atoms with Gasteiger partial charge in [0.1, 0.15) is 0 Å². The van der Waals surface area contributed by atoms with Crippen molar-refractivity contribution in [3.63, 3.8) is 0 Å². The van der Waals surface area contributed by atoms with E-state index in [1.54, 1.807) is 17.4 Å². The summed E-state index contributed by atoms with van der Waals surface area (Å²) in [7, 11) is 0. The maximum Gasteiger partial charge on any atom is 0.249 e. The fraction of sp³-hybridized carbons (Fsp3) is 0.0800. The molecule has 0 saturated heterocycles. The summed E-state index contributed by atoms with van der Waals surface area (Å²) >= 11 is 1.71. The van der Waals surface area contributed by atoms with Crippen molar-refractivity contribution < 1.29 is 4.79 Å². The molecule has 0 unspecified atom stereocenters. The van der Waals surface area contributed by atoms with Crippen LogP contribution in [0.25, 0.3) is 32.2 Å². The van der Waals surface area contributed by atoms with E-state index < -0.39 is 5.91 Å². The van der Waals surface area contributed by atoms with Crippen LogP contribution in [0, 0.1) is 13.0 Å². The van der Waals surface area contributed by atoms with Gasteiger partial charge in [-0.1, -0.05) is 36.4 Å². The largest absolute Gasteiger partial charge is 0.366 e. The summed E-state index contributed by atoms with van der Waals surface area (Å²) in [5.74, 6) is -0.415. The molecule has 1 amide bonds. The molecule has 0 aliphatic rings. The van der Waals surface area contributed by atoms with E-state index in [0.717, 1.165) is 33.9 Å². The lowest BCUT2D eigenvalue weighted by atomic mass is 10.0. The summed E-state index contributed by atoms with van der Waals surface area (Å²) in [4.78, 5) is 13.3. The monoisotopic (exact) mass is 395 g/mol. The number of nitrogens with two attached hydrogens (primary N) is 1. The molecule has 0 atom stereocenters. The molecule has 3 aromatic carbocycles. The van der Waals surface area contributed by atoms with Crippen LogP contribution in [-0.4, -0.2) is 10.5 Å². The number of hydrogen-bond donors (Lipinski definition) is 1. The lowest BCUT2D eigenvalue weighted by Gasteiger charge is -2.11. The highest BCUT2D eigenvalue weighted by Gasteiger charge is 2.18. The number of aryl methyl sites for hydroxylation is 1. The van der Waals surface area contributed by atoms with Gasteiger partial charge in [-0.25, -0.2) is 0 Å². The van der Waals surface area contributed by atoms with Crippen LogP contribution in [0.15, 0.2) is 72.1 Å². The molecular weight excluding hydrogens is 376 g/mol. The number of carbonyl (C=O) groups excluding carboxylic acids is 1. The molecule has 29 heavy (non-hydrogen) atoms. The van der Waals surface area contributed by atoms with Gasteiger partial charge in [-0.2, -0.15) is 0 Å². The Morgan fingerprint density at radius 1 is 1.07 bits per heavy atom. The summed E-state index contributed by atoms with van der Waals surface area (Å²) in [6.45, 7) is 2.85. The highest BCUT2D eigenvalue weighted by Crippen LogP contribution is 2.35. The van der Waals surface area contributed by atoms with Gasteiger partial charge < -0.3 is 10.3 Å². The highest BCUT2D eigenvalue weighted by atomic mass is 32.1. The van der Waals surface area contributed by atoms with E-state index in [9.17, 15) is 4.79 Å². The van der Waals surface area contributed by atoms with Crippen molar-refractivity contribution in [2.75, 3.05) is 0 Å². The SMILES string of the molecule is Cc1ccccc1Cn1c2cc(-c3cccs3)c[c]c2c2c(C(N)=O)cccc21. The van der Waals surface area contributed by atoms with Crippen LogP contribution < -0.4 is 5.73 Å². The van der Waals surface area contributed by atoms with E-state index in [1.165, 1.54) is 16.0 Å². The van der Waals surface area contributed by atoms with Crippen molar-refractivity contribution in [3.8, 4) is 10.4 Å². The van der Waals surface area contributed by atoms with Crippen LogP contribution in [0.5, 0.6) is 0 Å². The molecule has 2 heterocycles. The molecule has 1 radical (unpaired) electrons. The van der Waals surface area contributed by atoms with E-state index in [-0.39, 0.29) is 0 Å². The Kier molecular flexibility index (Phi) is 4.22. The second kappa shape index (κ2) is 6.90. The zero-order valence-corrected chi connectivity index (χ0v) is 16.8. The molecule has 141 valence electrons. The highest BCUT2D eigenvalue weighted by molar-refractivity contribution is 7.13. The van der Waals surface area contributed by atoms with Crippen LogP contribution in [0.1, 0.15) is 21.5 Å². The Bertz CT molecular complexity index is 1360. The number of rotatable bonds is 4. The number of hydrogen-bond acceptors (Lipinski definition) is 2. The van der Waals surface area contributed by atoms with E-state index in [0.29, 0.717) is 5.56 Å². The Labute approximate surface area is 173 Å². The molecule has 0 aliphatic carbocycles. The first-order valence-corrected chi connectivity index (χ1v) is 10.4. The first-order valence-electron chi connectivity index (χ1n) is 9.48. The Morgan fingerprint density at radius 2 is 1.93 bits per heavy atom. The second-order valence-corrected chi connectivity index (χ2v) is 8.15. The Balaban J connectivity index is 1.84. The van der Waals surface area contributed by atoms with E-state index in [2.05, 4.69) is 71.5 Å². The molecule has 5 aromatic rings. The summed E-state index contributed by atoms with van der Waals surface area (Å²) in [6.07, 6.45) is 0. The number of amides is 1. The van der Waals surface area contributed by atoms with Gasteiger partial charge in [0.05, 0.1) is 11.0 Å². The van der Waals surface area contributed by atoms with Crippen molar-refractivity contribution in [1.82, 2.24) is 4.57 Å². The third-order valence-corrected chi connectivity index (χ3v) is 6.37. The standard InChI is InChI=1S/C25H19N2OS/c1-16-6-2-3-7-18(16)15-27-21-9-4-8-20(25(26)28)24(21)19-12-11-17(14-22(19)27)23-10-5-13-29-23/h2-11,13-14H,15H2,1H3,(H2,26,28). The van der Waals surface area contributed by atoms with Gasteiger partial charge in [-0.3, -0.25) is 4.79 Å². The normalized spacial score (nSPS) is 11.3. The molecule has 0 aliphatic heterocycles. The predicted octanol–water partition coefficient (Wildman–Crippen LogP) is 5.78. The van der Waals surface area contributed by atoms with Gasteiger partial charge in [0, 0.05) is 27.8 Å². The van der Waals surface area contributed by atoms with Crippen molar-refractivity contribution in [2.24, 2.45) is 5.73 Å². The van der Waals surface area contributed by atoms with Gasteiger partial charge in [0.15, 0.2) is 0 Å². The Hall–Kier alpha value is -3.37. The number of thiophene rings is 1. The van der Waals surface area contributed by atoms with Gasteiger partial charge >= 0.3 is 0 Å².